The first-order valence-electron chi connectivity index (χ1n) is 4.76. The van der Waals surface area contributed by atoms with Crippen molar-refractivity contribution in [2.24, 2.45) is 10.9 Å². The molecule has 0 aliphatic carbocycles. The van der Waals surface area contributed by atoms with Crippen LogP contribution >= 0.6 is 0 Å². The summed E-state index contributed by atoms with van der Waals surface area (Å²) >= 11 is 0. The minimum absolute atomic E-state index is 0.457. The lowest BCUT2D eigenvalue weighted by molar-refractivity contribution is -0.119. The molecule has 4 heteroatoms. The van der Waals surface area contributed by atoms with Crippen molar-refractivity contribution in [2.45, 2.75) is 12.8 Å². The monoisotopic (exact) mass is 182 g/mol. The van der Waals surface area contributed by atoms with Gasteiger partial charge in [-0.2, -0.15) is 0 Å². The molecule has 72 valence electrons. The molecule has 13 heavy (non-hydrogen) atoms. The summed E-state index contributed by atoms with van der Waals surface area (Å²) in [6.45, 7) is 3.24. The Hall–Kier alpha value is -1.06. The molecule has 0 spiro atoms. The molecule has 0 radical (unpaired) electrons. The number of likely N-dealkylation sites (tertiary alicyclic amines) is 1. The van der Waals surface area contributed by atoms with Gasteiger partial charge in [-0.1, -0.05) is 0 Å². The Morgan fingerprint density at radius 1 is 1.46 bits per heavy atom. The van der Waals surface area contributed by atoms with Gasteiger partial charge < -0.3 is 9.64 Å². The quantitative estimate of drug-likeness (QED) is 0.576. The average molecular weight is 182 g/mol. The van der Waals surface area contributed by atoms with Crippen LogP contribution in [0.4, 0.5) is 0 Å². The maximum absolute atomic E-state index is 10.5. The Kier molecular flexibility index (Phi) is 2.47. The highest BCUT2D eigenvalue weighted by atomic mass is 16.5. The van der Waals surface area contributed by atoms with Crippen LogP contribution < -0.4 is 0 Å². The minimum atomic E-state index is 0.457. The number of carbonyl (C=O) groups is 1. The van der Waals surface area contributed by atoms with Crippen molar-refractivity contribution in [2.75, 3.05) is 26.2 Å². The lowest BCUT2D eigenvalue weighted by Gasteiger charge is -2.28. The van der Waals surface area contributed by atoms with Gasteiger partial charge >= 0.3 is 0 Å². The summed E-state index contributed by atoms with van der Waals surface area (Å²) in [4.78, 5) is 16.6. The van der Waals surface area contributed by atoms with Gasteiger partial charge in [-0.3, -0.25) is 9.79 Å². The summed E-state index contributed by atoms with van der Waals surface area (Å²) in [6, 6.07) is 0. The molecule has 0 N–H and O–H groups in total. The van der Waals surface area contributed by atoms with Crippen LogP contribution in [-0.4, -0.2) is 43.4 Å². The number of amides is 1. The molecule has 4 nitrogen and oxygen atoms in total. The highest BCUT2D eigenvalue weighted by molar-refractivity contribution is 5.80. The zero-order valence-corrected chi connectivity index (χ0v) is 7.61. The van der Waals surface area contributed by atoms with E-state index in [4.69, 9.17) is 4.74 Å². The fourth-order valence-electron chi connectivity index (χ4n) is 1.85. The Labute approximate surface area is 77.6 Å². The van der Waals surface area contributed by atoms with E-state index in [1.165, 1.54) is 0 Å². The molecule has 2 heterocycles. The first kappa shape index (κ1) is 8.53. The zero-order valence-electron chi connectivity index (χ0n) is 7.61. The summed E-state index contributed by atoms with van der Waals surface area (Å²) < 4.78 is 5.40. The summed E-state index contributed by atoms with van der Waals surface area (Å²) in [7, 11) is 0. The smallest absolute Gasteiger partial charge is 0.209 e. The van der Waals surface area contributed by atoms with Crippen LogP contribution in [0.15, 0.2) is 4.99 Å². The van der Waals surface area contributed by atoms with E-state index in [0.717, 1.165) is 51.4 Å². The van der Waals surface area contributed by atoms with E-state index < -0.39 is 0 Å². The van der Waals surface area contributed by atoms with E-state index in [1.54, 1.807) is 0 Å². The number of ether oxygens (including phenoxy) is 1. The number of piperidine rings is 1. The lowest BCUT2D eigenvalue weighted by Crippen LogP contribution is -2.35. The maximum Gasteiger partial charge on any atom is 0.209 e. The molecule has 1 amide bonds. The number of carbonyl (C=O) groups excluding carboxylic acids is 1. The van der Waals surface area contributed by atoms with Crippen LogP contribution in [0.3, 0.4) is 0 Å². The molecule has 2 rings (SSSR count). The Morgan fingerprint density at radius 3 is 2.77 bits per heavy atom. The molecule has 0 unspecified atom stereocenters. The number of aliphatic imine (C=N–C) groups is 1. The second-order valence-electron chi connectivity index (χ2n) is 3.48. The second kappa shape index (κ2) is 3.77. The van der Waals surface area contributed by atoms with Gasteiger partial charge in [0.15, 0.2) is 5.90 Å². The fraction of sp³-hybridized carbons (Fsp3) is 0.778. The molecular weight excluding hydrogens is 168 g/mol. The van der Waals surface area contributed by atoms with E-state index >= 15 is 0 Å². The summed E-state index contributed by atoms with van der Waals surface area (Å²) in [5, 5.41) is 0. The van der Waals surface area contributed by atoms with Gasteiger partial charge in [-0.15, -0.1) is 0 Å². The Morgan fingerprint density at radius 2 is 2.23 bits per heavy atom. The fourth-order valence-corrected chi connectivity index (χ4v) is 1.85. The van der Waals surface area contributed by atoms with Gasteiger partial charge in [-0.25, -0.2) is 0 Å². The largest absolute Gasteiger partial charge is 0.479 e. The normalized spacial score (nSPS) is 24.0. The minimum Gasteiger partial charge on any atom is -0.479 e. The molecule has 0 aromatic heterocycles. The van der Waals surface area contributed by atoms with Crippen LogP contribution in [0.25, 0.3) is 0 Å². The van der Waals surface area contributed by atoms with Crippen LogP contribution in [0.1, 0.15) is 12.8 Å². The van der Waals surface area contributed by atoms with Gasteiger partial charge in [0.25, 0.3) is 0 Å². The standard InChI is InChI=1S/C9H14N2O2/c12-7-11-4-1-8(2-5-11)9-10-3-6-13-9/h7-8H,1-6H2. The van der Waals surface area contributed by atoms with Crippen LogP contribution in [-0.2, 0) is 9.53 Å². The summed E-state index contributed by atoms with van der Waals surface area (Å²) in [5.41, 5.74) is 0. The SMILES string of the molecule is O=CN1CCC(C2=NCCO2)CC1. The summed E-state index contributed by atoms with van der Waals surface area (Å²) in [6.07, 6.45) is 2.92. The van der Waals surface area contributed by atoms with Gasteiger partial charge in [0.05, 0.1) is 6.54 Å². The van der Waals surface area contributed by atoms with Crippen molar-refractivity contribution < 1.29 is 9.53 Å². The van der Waals surface area contributed by atoms with Crippen LogP contribution in [0, 0.1) is 5.92 Å². The van der Waals surface area contributed by atoms with E-state index in [-0.39, 0.29) is 0 Å². The van der Waals surface area contributed by atoms with E-state index in [9.17, 15) is 4.79 Å². The predicted octanol–water partition coefficient (Wildman–Crippen LogP) is 0.284. The third-order valence-corrected chi connectivity index (χ3v) is 2.64. The van der Waals surface area contributed by atoms with Crippen molar-refractivity contribution in [1.29, 1.82) is 0 Å². The van der Waals surface area contributed by atoms with Gasteiger partial charge in [0.2, 0.25) is 6.41 Å². The lowest BCUT2D eigenvalue weighted by atomic mass is 9.97. The maximum atomic E-state index is 10.5. The molecule has 1 fully saturated rings. The molecule has 2 aliphatic rings. The summed E-state index contributed by atoms with van der Waals surface area (Å²) in [5.74, 6) is 1.38. The molecule has 0 saturated carbocycles. The van der Waals surface area contributed by atoms with Crippen molar-refractivity contribution in [1.82, 2.24) is 4.90 Å². The van der Waals surface area contributed by atoms with Crippen molar-refractivity contribution >= 4 is 12.3 Å². The highest BCUT2D eigenvalue weighted by Gasteiger charge is 2.25. The topological polar surface area (TPSA) is 41.9 Å². The van der Waals surface area contributed by atoms with E-state index in [2.05, 4.69) is 4.99 Å². The van der Waals surface area contributed by atoms with Crippen molar-refractivity contribution in [3.05, 3.63) is 0 Å². The van der Waals surface area contributed by atoms with Crippen molar-refractivity contribution in [3.8, 4) is 0 Å². The van der Waals surface area contributed by atoms with Gasteiger partial charge in [-0.05, 0) is 12.8 Å². The predicted molar refractivity (Wildman–Crippen MR) is 48.6 cm³/mol. The van der Waals surface area contributed by atoms with Crippen LogP contribution in [0.5, 0.6) is 0 Å². The van der Waals surface area contributed by atoms with Gasteiger partial charge in [0, 0.05) is 19.0 Å². The van der Waals surface area contributed by atoms with E-state index in [1.807, 2.05) is 4.90 Å². The molecule has 0 aromatic rings. The zero-order chi connectivity index (χ0) is 9.10. The highest BCUT2D eigenvalue weighted by Crippen LogP contribution is 2.20. The van der Waals surface area contributed by atoms with Gasteiger partial charge in [0.1, 0.15) is 6.61 Å². The Bertz CT molecular complexity index is 220. The third kappa shape index (κ3) is 1.82. The van der Waals surface area contributed by atoms with Crippen LogP contribution in [0.2, 0.25) is 0 Å². The first-order valence-corrected chi connectivity index (χ1v) is 4.76. The third-order valence-electron chi connectivity index (χ3n) is 2.64. The molecule has 2 aliphatic heterocycles. The second-order valence-corrected chi connectivity index (χ2v) is 3.48. The Balaban J connectivity index is 1.87. The molecule has 0 aromatic carbocycles. The number of hydrogen-bond acceptors (Lipinski definition) is 3. The van der Waals surface area contributed by atoms with E-state index in [0.29, 0.717) is 5.92 Å². The first-order chi connectivity index (χ1) is 6.40. The molecule has 0 atom stereocenters. The number of nitrogens with zero attached hydrogens (tertiary/aromatic N) is 2. The average Bonchev–Trinajstić information content (AvgIpc) is 2.71. The molecular formula is C9H14N2O2. The van der Waals surface area contributed by atoms with Crippen molar-refractivity contribution in [3.63, 3.8) is 0 Å². The molecule has 1 saturated heterocycles. The molecule has 0 bridgehead atoms. The number of rotatable bonds is 2. The number of hydrogen-bond donors (Lipinski definition) is 0.